The lowest BCUT2D eigenvalue weighted by Gasteiger charge is -2.19. The first-order chi connectivity index (χ1) is 10.1. The Balaban J connectivity index is 2.20. The highest BCUT2D eigenvalue weighted by Crippen LogP contribution is 2.20. The van der Waals surface area contributed by atoms with Gasteiger partial charge in [0.25, 0.3) is 0 Å². The van der Waals surface area contributed by atoms with Gasteiger partial charge in [0, 0.05) is 6.54 Å². The molecule has 21 heavy (non-hydrogen) atoms. The lowest BCUT2D eigenvalue weighted by molar-refractivity contribution is -0.143. The molecule has 0 saturated heterocycles. The van der Waals surface area contributed by atoms with Crippen molar-refractivity contribution in [2.75, 3.05) is 7.11 Å². The quantitative estimate of drug-likeness (QED) is 0.859. The van der Waals surface area contributed by atoms with Crippen molar-refractivity contribution >= 4 is 5.97 Å². The molecule has 0 radical (unpaired) electrons. The molecule has 0 fully saturated rings. The van der Waals surface area contributed by atoms with E-state index in [1.165, 1.54) is 19.2 Å². The lowest BCUT2D eigenvalue weighted by atomic mass is 10.0. The highest BCUT2D eigenvalue weighted by atomic mass is 19.1. The Morgan fingerprint density at radius 1 is 1.24 bits per heavy atom. The summed E-state index contributed by atoms with van der Waals surface area (Å²) in [5.74, 6) is -0.705. The molecule has 0 aliphatic heterocycles. The lowest BCUT2D eigenvalue weighted by Crippen LogP contribution is -2.30. The minimum Gasteiger partial charge on any atom is -0.468 e. The zero-order valence-electron chi connectivity index (χ0n) is 12.1. The topological polar surface area (TPSA) is 38.3 Å². The molecule has 0 aliphatic rings. The zero-order chi connectivity index (χ0) is 15.2. The number of ether oxygens (including phenoxy) is 1. The van der Waals surface area contributed by atoms with Crippen molar-refractivity contribution in [1.29, 1.82) is 0 Å². The van der Waals surface area contributed by atoms with E-state index in [9.17, 15) is 9.18 Å². The Bertz CT molecular complexity index is 613. The molecule has 1 N–H and O–H groups in total. The van der Waals surface area contributed by atoms with E-state index in [-0.39, 0.29) is 11.8 Å². The second kappa shape index (κ2) is 6.99. The van der Waals surface area contributed by atoms with Crippen molar-refractivity contribution in [2.24, 2.45) is 0 Å². The number of carbonyl (C=O) groups is 1. The molecule has 0 heterocycles. The van der Waals surface area contributed by atoms with E-state index in [0.717, 1.165) is 11.1 Å². The van der Waals surface area contributed by atoms with E-state index in [1.807, 2.05) is 30.3 Å². The molecule has 0 aliphatic carbocycles. The molecule has 4 heteroatoms. The van der Waals surface area contributed by atoms with E-state index >= 15 is 0 Å². The van der Waals surface area contributed by atoms with Gasteiger partial charge in [-0.25, -0.2) is 9.18 Å². The van der Waals surface area contributed by atoms with Crippen LogP contribution in [0.5, 0.6) is 0 Å². The average Bonchev–Trinajstić information content (AvgIpc) is 2.50. The van der Waals surface area contributed by atoms with Gasteiger partial charge in [-0.1, -0.05) is 36.4 Å². The summed E-state index contributed by atoms with van der Waals surface area (Å²) in [4.78, 5) is 12.0. The fourth-order valence-corrected chi connectivity index (χ4v) is 2.22. The summed E-state index contributed by atoms with van der Waals surface area (Å²) in [7, 11) is 1.35. The second-order valence-corrected chi connectivity index (χ2v) is 4.82. The summed E-state index contributed by atoms with van der Waals surface area (Å²) in [6, 6.07) is 13.5. The van der Waals surface area contributed by atoms with E-state index < -0.39 is 6.04 Å². The molecule has 0 saturated carbocycles. The van der Waals surface area contributed by atoms with Crippen LogP contribution < -0.4 is 5.32 Å². The first kappa shape index (κ1) is 15.2. The Hall–Kier alpha value is -2.20. The number of rotatable bonds is 5. The summed E-state index contributed by atoms with van der Waals surface area (Å²) in [6.45, 7) is 2.30. The molecule has 1 unspecified atom stereocenters. The third-order valence-electron chi connectivity index (χ3n) is 3.33. The summed E-state index contributed by atoms with van der Waals surface area (Å²) in [5.41, 5.74) is 2.50. The number of nitrogens with one attached hydrogen (secondary N) is 1. The van der Waals surface area contributed by atoms with Crippen LogP contribution in [0.4, 0.5) is 4.39 Å². The van der Waals surface area contributed by atoms with Gasteiger partial charge in [-0.15, -0.1) is 0 Å². The molecule has 2 aromatic rings. The predicted molar refractivity (Wildman–Crippen MR) is 79.2 cm³/mol. The van der Waals surface area contributed by atoms with Gasteiger partial charge in [-0.2, -0.15) is 0 Å². The summed E-state index contributed by atoms with van der Waals surface area (Å²) in [5, 5.41) is 3.17. The largest absolute Gasteiger partial charge is 0.468 e. The van der Waals surface area contributed by atoms with Crippen LogP contribution in [0, 0.1) is 12.7 Å². The second-order valence-electron chi connectivity index (χ2n) is 4.82. The molecule has 0 aromatic heterocycles. The highest BCUT2D eigenvalue weighted by molar-refractivity contribution is 5.78. The Kier molecular flexibility index (Phi) is 5.06. The number of hydrogen-bond acceptors (Lipinski definition) is 3. The number of carbonyl (C=O) groups excluding carboxylic acids is 1. The average molecular weight is 287 g/mol. The maximum Gasteiger partial charge on any atom is 0.327 e. The molecule has 0 bridgehead atoms. The van der Waals surface area contributed by atoms with Crippen molar-refractivity contribution in [3.8, 4) is 0 Å². The Morgan fingerprint density at radius 3 is 2.57 bits per heavy atom. The van der Waals surface area contributed by atoms with Crippen LogP contribution in [-0.4, -0.2) is 13.1 Å². The molecule has 3 nitrogen and oxygen atoms in total. The number of hydrogen-bond donors (Lipinski definition) is 1. The zero-order valence-corrected chi connectivity index (χ0v) is 12.1. The van der Waals surface area contributed by atoms with E-state index in [1.54, 1.807) is 13.0 Å². The number of benzene rings is 2. The maximum absolute atomic E-state index is 13.2. The van der Waals surface area contributed by atoms with Crippen LogP contribution in [-0.2, 0) is 16.1 Å². The first-order valence-electron chi connectivity index (χ1n) is 6.73. The molecule has 2 aromatic carbocycles. The molecule has 0 amide bonds. The smallest absolute Gasteiger partial charge is 0.327 e. The van der Waals surface area contributed by atoms with Gasteiger partial charge in [0.2, 0.25) is 0 Å². The van der Waals surface area contributed by atoms with Gasteiger partial charge in [-0.3, -0.25) is 5.32 Å². The summed E-state index contributed by atoms with van der Waals surface area (Å²) in [6.07, 6.45) is 0. The van der Waals surface area contributed by atoms with Crippen LogP contribution >= 0.6 is 0 Å². The van der Waals surface area contributed by atoms with Crippen LogP contribution in [0.25, 0.3) is 0 Å². The van der Waals surface area contributed by atoms with E-state index in [4.69, 9.17) is 4.74 Å². The van der Waals surface area contributed by atoms with Crippen molar-refractivity contribution in [2.45, 2.75) is 19.5 Å². The fraction of sp³-hybridized carbons (Fsp3) is 0.235. The van der Waals surface area contributed by atoms with Gasteiger partial charge < -0.3 is 4.74 Å². The number of aryl methyl sites for hydroxylation is 1. The normalized spacial score (nSPS) is 12.0. The van der Waals surface area contributed by atoms with Crippen molar-refractivity contribution in [3.05, 3.63) is 71.0 Å². The van der Waals surface area contributed by atoms with E-state index in [0.29, 0.717) is 12.1 Å². The molecule has 1 atom stereocenters. The van der Waals surface area contributed by atoms with Gasteiger partial charge >= 0.3 is 5.97 Å². The Labute approximate surface area is 123 Å². The Morgan fingerprint density at radius 2 is 1.95 bits per heavy atom. The molecule has 0 spiro atoms. The first-order valence-corrected chi connectivity index (χ1v) is 6.73. The van der Waals surface area contributed by atoms with Gasteiger partial charge in [0.1, 0.15) is 11.9 Å². The maximum atomic E-state index is 13.2. The van der Waals surface area contributed by atoms with Crippen molar-refractivity contribution < 1.29 is 13.9 Å². The fourth-order valence-electron chi connectivity index (χ4n) is 2.22. The van der Waals surface area contributed by atoms with Crippen LogP contribution in [0.15, 0.2) is 48.5 Å². The van der Waals surface area contributed by atoms with Crippen LogP contribution in [0.1, 0.15) is 22.7 Å². The summed E-state index contributed by atoms with van der Waals surface area (Å²) >= 11 is 0. The van der Waals surface area contributed by atoms with Crippen LogP contribution in [0.3, 0.4) is 0 Å². The molecule has 110 valence electrons. The van der Waals surface area contributed by atoms with Gasteiger partial charge in [0.05, 0.1) is 7.11 Å². The predicted octanol–water partition coefficient (Wildman–Crippen LogP) is 3.14. The van der Waals surface area contributed by atoms with Crippen molar-refractivity contribution in [1.82, 2.24) is 5.32 Å². The molecule has 2 rings (SSSR count). The minimum absolute atomic E-state index is 0.317. The SMILES string of the molecule is COC(=O)C(NCc1ccccc1)c1ccc(F)cc1C. The summed E-state index contributed by atoms with van der Waals surface area (Å²) < 4.78 is 18.1. The van der Waals surface area contributed by atoms with Gasteiger partial charge in [0.15, 0.2) is 0 Å². The van der Waals surface area contributed by atoms with Crippen LogP contribution in [0.2, 0.25) is 0 Å². The van der Waals surface area contributed by atoms with Gasteiger partial charge in [-0.05, 0) is 35.7 Å². The number of esters is 1. The standard InChI is InChI=1S/C17H18FNO2/c1-12-10-14(18)8-9-15(12)16(17(20)21-2)19-11-13-6-4-3-5-7-13/h3-10,16,19H,11H2,1-2H3. The van der Waals surface area contributed by atoms with Crippen molar-refractivity contribution in [3.63, 3.8) is 0 Å². The van der Waals surface area contributed by atoms with E-state index in [2.05, 4.69) is 5.32 Å². The number of methoxy groups -OCH3 is 1. The highest BCUT2D eigenvalue weighted by Gasteiger charge is 2.22. The third-order valence-corrected chi connectivity index (χ3v) is 3.33. The molecular formula is C17H18FNO2. The minimum atomic E-state index is -0.615. The third kappa shape index (κ3) is 3.89. The monoisotopic (exact) mass is 287 g/mol. The number of halogens is 1. The molecular weight excluding hydrogens is 269 g/mol.